The van der Waals surface area contributed by atoms with Gasteiger partial charge in [-0.25, -0.2) is 4.98 Å². The van der Waals surface area contributed by atoms with E-state index in [0.29, 0.717) is 42.1 Å². The van der Waals surface area contributed by atoms with Gasteiger partial charge in [-0.05, 0) is 57.6 Å². The van der Waals surface area contributed by atoms with Crippen LogP contribution in [0.4, 0.5) is 5.82 Å². The van der Waals surface area contributed by atoms with Crippen LogP contribution in [-0.2, 0) is 20.7 Å². The zero-order valence-corrected chi connectivity index (χ0v) is 19.2. The van der Waals surface area contributed by atoms with Crippen LogP contribution in [0.1, 0.15) is 57.4 Å². The fourth-order valence-electron chi connectivity index (χ4n) is 5.77. The van der Waals surface area contributed by atoms with E-state index in [1.807, 2.05) is 35.0 Å². The molecule has 2 fully saturated rings. The van der Waals surface area contributed by atoms with Gasteiger partial charge in [0.25, 0.3) is 5.91 Å². The number of nitriles is 1. The number of pyridine rings is 1. The average molecular weight is 458 g/mol. The van der Waals surface area contributed by atoms with Crippen molar-refractivity contribution < 1.29 is 14.6 Å². The standard InChI is InChI=1S/C26H27N5O3/c1-25(33)21-18(10-15-28-23(21)30(24(25)32)20-9-4-5-16-34-20)22-17-7-2-3-8-19(17)31(29-22)26(13-14-27)11-6-12-26/h2-3,7-8,10,15,20,33H,4-6,9,11-13,16H2,1H3. The Balaban J connectivity index is 1.56. The monoisotopic (exact) mass is 457 g/mol. The van der Waals surface area contributed by atoms with Crippen LogP contribution < -0.4 is 4.90 Å². The van der Waals surface area contributed by atoms with Crippen LogP contribution in [0.15, 0.2) is 36.5 Å². The van der Waals surface area contributed by atoms with Crippen molar-refractivity contribution in [3.05, 3.63) is 42.1 Å². The van der Waals surface area contributed by atoms with Gasteiger partial charge < -0.3 is 9.84 Å². The highest BCUT2D eigenvalue weighted by Gasteiger charge is 2.52. The zero-order chi connectivity index (χ0) is 23.5. The molecular formula is C26H27N5O3. The minimum atomic E-state index is -1.74. The van der Waals surface area contributed by atoms with Gasteiger partial charge in [-0.2, -0.15) is 10.4 Å². The Labute approximate surface area is 197 Å². The van der Waals surface area contributed by atoms with Crippen molar-refractivity contribution in [2.75, 3.05) is 11.5 Å². The number of fused-ring (bicyclic) bond motifs is 2. The molecule has 1 aliphatic carbocycles. The molecular weight excluding hydrogens is 430 g/mol. The molecule has 8 heteroatoms. The summed E-state index contributed by atoms with van der Waals surface area (Å²) in [6.45, 7) is 2.12. The van der Waals surface area contributed by atoms with Gasteiger partial charge in [0.05, 0.1) is 23.5 Å². The third kappa shape index (κ3) is 2.87. The first-order valence-electron chi connectivity index (χ1n) is 12.0. The maximum absolute atomic E-state index is 13.4. The summed E-state index contributed by atoms with van der Waals surface area (Å²) in [4.78, 5) is 19.5. The largest absolute Gasteiger partial charge is 0.375 e. The van der Waals surface area contributed by atoms with Crippen LogP contribution >= 0.6 is 0 Å². The fourth-order valence-corrected chi connectivity index (χ4v) is 5.77. The molecule has 1 saturated carbocycles. The first-order chi connectivity index (χ1) is 16.5. The van der Waals surface area contributed by atoms with Crippen LogP contribution in [0.2, 0.25) is 0 Å². The van der Waals surface area contributed by atoms with E-state index in [1.165, 1.54) is 11.8 Å². The Morgan fingerprint density at radius 1 is 1.24 bits per heavy atom. The number of hydrogen-bond donors (Lipinski definition) is 1. The third-order valence-corrected chi connectivity index (χ3v) is 7.71. The number of aromatic nitrogens is 3. The molecule has 1 aromatic carbocycles. The average Bonchev–Trinajstić information content (AvgIpc) is 3.30. The van der Waals surface area contributed by atoms with Crippen LogP contribution in [-0.4, -0.2) is 38.6 Å². The quantitative estimate of drug-likeness (QED) is 0.636. The second-order valence-electron chi connectivity index (χ2n) is 9.82. The topological polar surface area (TPSA) is 104 Å². The molecule has 2 aliphatic heterocycles. The lowest BCUT2D eigenvalue weighted by molar-refractivity contribution is -0.137. The van der Waals surface area contributed by atoms with Crippen molar-refractivity contribution in [1.82, 2.24) is 14.8 Å². The van der Waals surface area contributed by atoms with Gasteiger partial charge in [-0.3, -0.25) is 14.4 Å². The number of aliphatic hydroxyl groups is 1. The molecule has 6 rings (SSSR count). The fraction of sp³-hybridized carbons (Fsp3) is 0.462. The number of rotatable bonds is 4. The van der Waals surface area contributed by atoms with Crippen LogP contribution in [0.5, 0.6) is 0 Å². The van der Waals surface area contributed by atoms with Gasteiger partial charge >= 0.3 is 0 Å². The normalized spacial score (nSPS) is 25.7. The van der Waals surface area contributed by atoms with E-state index in [9.17, 15) is 15.2 Å². The maximum Gasteiger partial charge on any atom is 0.266 e. The predicted octanol–water partition coefficient (Wildman–Crippen LogP) is 3.97. The molecule has 0 radical (unpaired) electrons. The van der Waals surface area contributed by atoms with Gasteiger partial charge in [-0.15, -0.1) is 0 Å². The van der Waals surface area contributed by atoms with E-state index < -0.39 is 17.7 Å². The molecule has 4 heterocycles. The third-order valence-electron chi connectivity index (χ3n) is 7.71. The minimum absolute atomic E-state index is 0.316. The molecule has 8 nitrogen and oxygen atoms in total. The van der Waals surface area contributed by atoms with Crippen molar-refractivity contribution in [3.8, 4) is 17.3 Å². The number of anilines is 1. The summed E-state index contributed by atoms with van der Waals surface area (Å²) >= 11 is 0. The first kappa shape index (κ1) is 21.3. The van der Waals surface area contributed by atoms with Gasteiger partial charge in [0.1, 0.15) is 17.7 Å². The Morgan fingerprint density at radius 3 is 2.76 bits per heavy atom. The molecule has 0 bridgehead atoms. The molecule has 3 aliphatic rings. The van der Waals surface area contributed by atoms with E-state index >= 15 is 0 Å². The first-order valence-corrected chi connectivity index (χ1v) is 12.0. The lowest BCUT2D eigenvalue weighted by Crippen LogP contribution is -2.46. The molecule has 2 atom stereocenters. The summed E-state index contributed by atoms with van der Waals surface area (Å²) in [5.41, 5.74) is 0.733. The van der Waals surface area contributed by atoms with Crippen molar-refractivity contribution in [1.29, 1.82) is 5.26 Å². The second-order valence-corrected chi connectivity index (χ2v) is 9.82. The van der Waals surface area contributed by atoms with E-state index in [2.05, 4.69) is 11.1 Å². The lowest BCUT2D eigenvalue weighted by atomic mass is 9.74. The Morgan fingerprint density at radius 2 is 2.06 bits per heavy atom. The number of amides is 1. The zero-order valence-electron chi connectivity index (χ0n) is 19.2. The number of nitrogens with zero attached hydrogens (tertiary/aromatic N) is 5. The van der Waals surface area contributed by atoms with Crippen LogP contribution in [0.25, 0.3) is 22.2 Å². The van der Waals surface area contributed by atoms with Gasteiger partial charge in [0.2, 0.25) is 0 Å². The summed E-state index contributed by atoms with van der Waals surface area (Å²) < 4.78 is 7.90. The highest BCUT2D eigenvalue weighted by atomic mass is 16.5. The van der Waals surface area contributed by atoms with Crippen LogP contribution in [0, 0.1) is 11.3 Å². The molecule has 1 N–H and O–H groups in total. The minimum Gasteiger partial charge on any atom is -0.375 e. The summed E-state index contributed by atoms with van der Waals surface area (Å²) in [5, 5.41) is 27.0. The maximum atomic E-state index is 13.4. The molecule has 1 saturated heterocycles. The smallest absolute Gasteiger partial charge is 0.266 e. The number of para-hydroxylation sites is 1. The summed E-state index contributed by atoms with van der Waals surface area (Å²) in [7, 11) is 0. The van der Waals surface area contributed by atoms with Crippen molar-refractivity contribution in [3.63, 3.8) is 0 Å². The Bertz CT molecular complexity index is 1330. The predicted molar refractivity (Wildman–Crippen MR) is 126 cm³/mol. The van der Waals surface area contributed by atoms with Gasteiger partial charge in [0.15, 0.2) is 5.60 Å². The number of benzene rings is 1. The number of hydrogen-bond acceptors (Lipinski definition) is 6. The highest BCUT2D eigenvalue weighted by molar-refractivity contribution is 6.09. The van der Waals surface area contributed by atoms with E-state index in [0.717, 1.165) is 43.0 Å². The molecule has 2 unspecified atom stereocenters. The van der Waals surface area contributed by atoms with Gasteiger partial charge in [-0.1, -0.05) is 18.2 Å². The van der Waals surface area contributed by atoms with Crippen molar-refractivity contribution in [2.45, 2.75) is 69.2 Å². The molecule has 3 aromatic rings. The van der Waals surface area contributed by atoms with Gasteiger partial charge in [0, 0.05) is 29.3 Å². The van der Waals surface area contributed by atoms with Crippen LogP contribution in [0.3, 0.4) is 0 Å². The number of carbonyl (C=O) groups excluding carboxylic acids is 1. The molecule has 2 aromatic heterocycles. The SMILES string of the molecule is CC1(O)C(=O)N(C2CCCCO2)c2nccc(-c3nn(C4(CC#N)CCC4)c4ccccc34)c21. The second kappa shape index (κ2) is 7.62. The molecule has 0 spiro atoms. The van der Waals surface area contributed by atoms with E-state index in [4.69, 9.17) is 9.84 Å². The lowest BCUT2D eigenvalue weighted by Gasteiger charge is -2.40. The molecule has 34 heavy (non-hydrogen) atoms. The highest BCUT2D eigenvalue weighted by Crippen LogP contribution is 2.49. The van der Waals surface area contributed by atoms with E-state index in [1.54, 1.807) is 6.20 Å². The summed E-state index contributed by atoms with van der Waals surface area (Å²) in [6, 6.07) is 12.1. The summed E-state index contributed by atoms with van der Waals surface area (Å²) in [6.07, 6.45) is 7.14. The van der Waals surface area contributed by atoms with Crippen molar-refractivity contribution >= 4 is 22.6 Å². The molecule has 1 amide bonds. The van der Waals surface area contributed by atoms with E-state index in [-0.39, 0.29) is 5.54 Å². The number of ether oxygens (including phenoxy) is 1. The summed E-state index contributed by atoms with van der Waals surface area (Å²) in [5.74, 6) is 0.0199. The Kier molecular flexibility index (Phi) is 4.77. The Hall–Kier alpha value is -3.28. The van der Waals surface area contributed by atoms with Crippen molar-refractivity contribution in [2.24, 2.45) is 0 Å². The number of carbonyl (C=O) groups is 1. The molecule has 174 valence electrons.